The molecule has 0 spiro atoms. The van der Waals surface area contributed by atoms with Crippen molar-refractivity contribution in [2.45, 2.75) is 4.90 Å². The van der Waals surface area contributed by atoms with E-state index in [1.54, 1.807) is 0 Å². The number of hydrogen-bond donors (Lipinski definition) is 1. The molecule has 6 nitrogen and oxygen atoms in total. The van der Waals surface area contributed by atoms with Crippen LogP contribution in [0.4, 0.5) is 5.69 Å². The number of hydrogen-bond acceptors (Lipinski definition) is 4. The summed E-state index contributed by atoms with van der Waals surface area (Å²) < 4.78 is 32.0. The van der Waals surface area contributed by atoms with E-state index in [1.807, 2.05) is 54.6 Å². The second-order valence-corrected chi connectivity index (χ2v) is 8.88. The number of morpholine rings is 1. The van der Waals surface area contributed by atoms with E-state index >= 15 is 0 Å². The fourth-order valence-corrected chi connectivity index (χ4v) is 4.70. The van der Waals surface area contributed by atoms with Gasteiger partial charge in [0.2, 0.25) is 10.0 Å². The maximum absolute atomic E-state index is 12.7. The number of rotatable bonds is 5. The molecule has 7 heteroatoms. The Bertz CT molecular complexity index is 1110. The topological polar surface area (TPSA) is 75.7 Å². The molecule has 3 aromatic carbocycles. The molecule has 4 rings (SSSR count). The van der Waals surface area contributed by atoms with Crippen LogP contribution in [0, 0.1) is 0 Å². The summed E-state index contributed by atoms with van der Waals surface area (Å²) in [5.74, 6) is -0.294. The van der Waals surface area contributed by atoms with E-state index in [2.05, 4.69) is 5.32 Å². The minimum absolute atomic E-state index is 0.174. The van der Waals surface area contributed by atoms with Crippen molar-refractivity contribution in [1.82, 2.24) is 4.31 Å². The van der Waals surface area contributed by atoms with Gasteiger partial charge in [0.05, 0.1) is 18.1 Å². The molecule has 30 heavy (non-hydrogen) atoms. The van der Waals surface area contributed by atoms with E-state index in [1.165, 1.54) is 28.6 Å². The number of benzene rings is 3. The van der Waals surface area contributed by atoms with E-state index in [4.69, 9.17) is 4.74 Å². The molecule has 1 aliphatic heterocycles. The first-order chi connectivity index (χ1) is 14.5. The molecule has 1 fully saturated rings. The quantitative estimate of drug-likeness (QED) is 0.681. The summed E-state index contributed by atoms with van der Waals surface area (Å²) in [6.07, 6.45) is 0. The van der Waals surface area contributed by atoms with Gasteiger partial charge >= 0.3 is 0 Å². The number of sulfonamides is 1. The summed E-state index contributed by atoms with van der Waals surface area (Å²) in [6.45, 7) is 1.46. The standard InChI is InChI=1S/C23H22N2O4S/c26-23(24-21-10-6-19(7-11-21)18-4-2-1-3-5-18)20-8-12-22(13-9-20)30(27,28)25-14-16-29-17-15-25/h1-13H,14-17H2,(H,24,26). The minimum Gasteiger partial charge on any atom is -0.379 e. The third kappa shape index (κ3) is 4.43. The first-order valence-corrected chi connectivity index (χ1v) is 11.1. The van der Waals surface area contributed by atoms with Crippen molar-refractivity contribution in [3.05, 3.63) is 84.4 Å². The van der Waals surface area contributed by atoms with Crippen molar-refractivity contribution in [3.8, 4) is 11.1 Å². The summed E-state index contributed by atoms with van der Waals surface area (Å²) in [4.78, 5) is 12.7. The van der Waals surface area contributed by atoms with E-state index in [9.17, 15) is 13.2 Å². The van der Waals surface area contributed by atoms with Gasteiger partial charge in [0.1, 0.15) is 0 Å². The zero-order valence-corrected chi connectivity index (χ0v) is 17.1. The van der Waals surface area contributed by atoms with Crippen molar-refractivity contribution >= 4 is 21.6 Å². The number of ether oxygens (including phenoxy) is 1. The van der Waals surface area contributed by atoms with Crippen LogP contribution >= 0.6 is 0 Å². The van der Waals surface area contributed by atoms with E-state index in [0.29, 0.717) is 37.6 Å². The summed E-state index contributed by atoms with van der Waals surface area (Å²) in [5.41, 5.74) is 3.23. The van der Waals surface area contributed by atoms with Crippen LogP contribution in [-0.2, 0) is 14.8 Å². The van der Waals surface area contributed by atoms with Gasteiger partial charge in [-0.05, 0) is 47.5 Å². The summed E-state index contributed by atoms with van der Waals surface area (Å²) in [6, 6.07) is 23.6. The maximum atomic E-state index is 12.7. The van der Waals surface area contributed by atoms with Crippen LogP contribution in [0.15, 0.2) is 83.8 Å². The molecule has 1 aliphatic rings. The van der Waals surface area contributed by atoms with Crippen molar-refractivity contribution in [1.29, 1.82) is 0 Å². The molecule has 0 aliphatic carbocycles. The number of carbonyl (C=O) groups excluding carboxylic acids is 1. The Kier molecular flexibility index (Phi) is 5.94. The third-order valence-electron chi connectivity index (χ3n) is 4.97. The third-order valence-corrected chi connectivity index (χ3v) is 6.89. The predicted octanol–water partition coefficient (Wildman–Crippen LogP) is 3.63. The number of carbonyl (C=O) groups is 1. The molecule has 154 valence electrons. The Labute approximate surface area is 176 Å². The zero-order valence-electron chi connectivity index (χ0n) is 16.3. The Morgan fingerprint density at radius 2 is 1.40 bits per heavy atom. The molecule has 0 aromatic heterocycles. The van der Waals surface area contributed by atoms with Crippen molar-refractivity contribution in [3.63, 3.8) is 0 Å². The van der Waals surface area contributed by atoms with Crippen LogP contribution in [0.2, 0.25) is 0 Å². The lowest BCUT2D eigenvalue weighted by Crippen LogP contribution is -2.40. The fourth-order valence-electron chi connectivity index (χ4n) is 3.29. The SMILES string of the molecule is O=C(Nc1ccc(-c2ccccc2)cc1)c1ccc(S(=O)(=O)N2CCOCC2)cc1. The number of amides is 1. The molecule has 0 saturated carbocycles. The van der Waals surface area contributed by atoms with E-state index in [0.717, 1.165) is 11.1 Å². The molecule has 1 saturated heterocycles. The molecule has 1 heterocycles. The van der Waals surface area contributed by atoms with Gasteiger partial charge in [0, 0.05) is 24.3 Å². The maximum Gasteiger partial charge on any atom is 0.255 e. The van der Waals surface area contributed by atoms with Gasteiger partial charge in [0.15, 0.2) is 0 Å². The van der Waals surface area contributed by atoms with Crippen LogP contribution in [0.1, 0.15) is 10.4 Å². The molecule has 0 unspecified atom stereocenters. The minimum atomic E-state index is -3.57. The number of nitrogens with one attached hydrogen (secondary N) is 1. The highest BCUT2D eigenvalue weighted by molar-refractivity contribution is 7.89. The smallest absolute Gasteiger partial charge is 0.255 e. The average Bonchev–Trinajstić information content (AvgIpc) is 2.81. The molecule has 0 bridgehead atoms. The molecule has 0 radical (unpaired) electrons. The molecule has 0 atom stereocenters. The Morgan fingerprint density at radius 3 is 2.03 bits per heavy atom. The molecule has 3 aromatic rings. The van der Waals surface area contributed by atoms with E-state index < -0.39 is 10.0 Å². The van der Waals surface area contributed by atoms with Gasteiger partial charge < -0.3 is 10.1 Å². The van der Waals surface area contributed by atoms with Gasteiger partial charge in [-0.3, -0.25) is 4.79 Å². The lowest BCUT2D eigenvalue weighted by Gasteiger charge is -2.26. The number of nitrogens with zero attached hydrogens (tertiary/aromatic N) is 1. The van der Waals surface area contributed by atoms with Gasteiger partial charge in [-0.1, -0.05) is 42.5 Å². The Morgan fingerprint density at radius 1 is 0.800 bits per heavy atom. The van der Waals surface area contributed by atoms with Crippen LogP contribution in [0.5, 0.6) is 0 Å². The molecular formula is C23H22N2O4S. The summed E-state index contributed by atoms with van der Waals surface area (Å²) >= 11 is 0. The number of anilines is 1. The van der Waals surface area contributed by atoms with Crippen molar-refractivity contribution < 1.29 is 17.9 Å². The van der Waals surface area contributed by atoms with Gasteiger partial charge in [-0.25, -0.2) is 8.42 Å². The highest BCUT2D eigenvalue weighted by Crippen LogP contribution is 2.22. The highest BCUT2D eigenvalue weighted by Gasteiger charge is 2.26. The van der Waals surface area contributed by atoms with Crippen LogP contribution in [-0.4, -0.2) is 44.9 Å². The van der Waals surface area contributed by atoms with Gasteiger partial charge in [0.25, 0.3) is 5.91 Å². The first kappa shape index (κ1) is 20.3. The lowest BCUT2D eigenvalue weighted by molar-refractivity contribution is 0.0730. The van der Waals surface area contributed by atoms with Crippen molar-refractivity contribution in [2.75, 3.05) is 31.6 Å². The average molecular weight is 423 g/mol. The monoisotopic (exact) mass is 422 g/mol. The molecule has 1 amide bonds. The first-order valence-electron chi connectivity index (χ1n) is 9.69. The Hall–Kier alpha value is -3.00. The molecular weight excluding hydrogens is 400 g/mol. The predicted molar refractivity (Wildman–Crippen MR) is 116 cm³/mol. The van der Waals surface area contributed by atoms with E-state index in [-0.39, 0.29) is 10.8 Å². The van der Waals surface area contributed by atoms with Crippen molar-refractivity contribution in [2.24, 2.45) is 0 Å². The second-order valence-electron chi connectivity index (χ2n) is 6.94. The normalized spacial score (nSPS) is 14.9. The molecule has 1 N–H and O–H groups in total. The van der Waals surface area contributed by atoms with Gasteiger partial charge in [-0.15, -0.1) is 0 Å². The van der Waals surface area contributed by atoms with Crippen LogP contribution in [0.25, 0.3) is 11.1 Å². The summed E-state index contributed by atoms with van der Waals surface area (Å²) in [5, 5.41) is 2.84. The Balaban J connectivity index is 1.44. The zero-order chi connectivity index (χ0) is 21.0. The van der Waals surface area contributed by atoms with Crippen LogP contribution in [0.3, 0.4) is 0 Å². The van der Waals surface area contributed by atoms with Gasteiger partial charge in [-0.2, -0.15) is 4.31 Å². The largest absolute Gasteiger partial charge is 0.379 e. The van der Waals surface area contributed by atoms with Crippen LogP contribution < -0.4 is 5.32 Å². The fraction of sp³-hybridized carbons (Fsp3) is 0.174. The second kappa shape index (κ2) is 8.79. The highest BCUT2D eigenvalue weighted by atomic mass is 32.2. The lowest BCUT2D eigenvalue weighted by atomic mass is 10.1. The summed E-state index contributed by atoms with van der Waals surface area (Å²) in [7, 11) is -3.57.